The summed E-state index contributed by atoms with van der Waals surface area (Å²) >= 11 is 0. The molecule has 0 unspecified atom stereocenters. The normalized spacial score (nSPS) is 12.5. The van der Waals surface area contributed by atoms with Gasteiger partial charge in [-0.25, -0.2) is 9.48 Å². The predicted octanol–water partition coefficient (Wildman–Crippen LogP) is 1.43. The zero-order valence-electron chi connectivity index (χ0n) is 11.2. The van der Waals surface area contributed by atoms with E-state index in [-0.39, 0.29) is 18.7 Å². The van der Waals surface area contributed by atoms with Crippen LogP contribution in [-0.2, 0) is 6.54 Å². The fourth-order valence-electron chi connectivity index (χ4n) is 1.57. The quantitative estimate of drug-likeness (QED) is 0.718. The molecule has 0 radical (unpaired) electrons. The molecule has 1 atom stereocenters. The lowest BCUT2D eigenvalue weighted by atomic mass is 10.2. The number of amides is 2. The van der Waals surface area contributed by atoms with Gasteiger partial charge in [0.15, 0.2) is 0 Å². The Morgan fingerprint density at radius 3 is 2.83 bits per heavy atom. The molecule has 18 heavy (non-hydrogen) atoms. The molecule has 0 bridgehead atoms. The molecule has 1 heterocycles. The summed E-state index contributed by atoms with van der Waals surface area (Å²) in [6.07, 6.45) is 2.20. The van der Waals surface area contributed by atoms with E-state index in [0.29, 0.717) is 18.2 Å². The molecule has 0 aliphatic rings. The maximum absolute atomic E-state index is 11.7. The highest BCUT2D eigenvalue weighted by Crippen LogP contribution is 2.09. The molecule has 0 saturated heterocycles. The van der Waals surface area contributed by atoms with Crippen LogP contribution in [0, 0.1) is 5.92 Å². The minimum atomic E-state index is -0.276. The van der Waals surface area contributed by atoms with Gasteiger partial charge in [0.1, 0.15) is 5.82 Å². The van der Waals surface area contributed by atoms with Crippen molar-refractivity contribution < 1.29 is 9.90 Å². The molecule has 3 N–H and O–H groups in total. The Morgan fingerprint density at radius 1 is 1.50 bits per heavy atom. The molecule has 1 aromatic rings. The molecule has 1 aromatic heterocycles. The van der Waals surface area contributed by atoms with Gasteiger partial charge in [-0.1, -0.05) is 13.8 Å². The van der Waals surface area contributed by atoms with Crippen LogP contribution in [0.25, 0.3) is 0 Å². The van der Waals surface area contributed by atoms with Gasteiger partial charge in [0.25, 0.3) is 0 Å². The highest BCUT2D eigenvalue weighted by Gasteiger charge is 2.10. The Labute approximate surface area is 107 Å². The Kier molecular flexibility index (Phi) is 5.64. The largest absolute Gasteiger partial charge is 0.396 e. The van der Waals surface area contributed by atoms with Crippen LogP contribution >= 0.6 is 0 Å². The molecule has 2 amide bonds. The summed E-state index contributed by atoms with van der Waals surface area (Å²) in [7, 11) is 0. The number of rotatable bonds is 6. The molecular weight excluding hydrogens is 232 g/mol. The third-order valence-electron chi connectivity index (χ3n) is 2.44. The zero-order valence-corrected chi connectivity index (χ0v) is 11.2. The number of hydrogen-bond acceptors (Lipinski definition) is 3. The maximum atomic E-state index is 11.7. The molecule has 0 aromatic carbocycles. The molecule has 6 nitrogen and oxygen atoms in total. The van der Waals surface area contributed by atoms with E-state index in [1.807, 2.05) is 6.92 Å². The van der Waals surface area contributed by atoms with Gasteiger partial charge in [-0.05, 0) is 19.3 Å². The summed E-state index contributed by atoms with van der Waals surface area (Å²) in [5, 5.41) is 18.4. The zero-order chi connectivity index (χ0) is 13.5. The summed E-state index contributed by atoms with van der Waals surface area (Å²) in [5.74, 6) is 1.14. The van der Waals surface area contributed by atoms with Gasteiger partial charge in [0.2, 0.25) is 0 Å². The van der Waals surface area contributed by atoms with Crippen LogP contribution < -0.4 is 10.6 Å². The van der Waals surface area contributed by atoms with E-state index >= 15 is 0 Å². The standard InChI is InChI=1S/C12H22N4O2/c1-9(2)8-16-11(4-6-13-16)15-12(18)14-10(3)5-7-17/h4,6,9-10,17H,5,7-8H2,1-3H3,(H2,14,15,18)/t10-/m1/s1. The number of carbonyl (C=O) groups excluding carboxylic acids is 1. The number of carbonyl (C=O) groups is 1. The van der Waals surface area contributed by atoms with Crippen LogP contribution in [0.15, 0.2) is 12.3 Å². The van der Waals surface area contributed by atoms with Crippen LogP contribution in [0.2, 0.25) is 0 Å². The van der Waals surface area contributed by atoms with Crippen molar-refractivity contribution in [2.75, 3.05) is 11.9 Å². The summed E-state index contributed by atoms with van der Waals surface area (Å²) in [6, 6.07) is 1.43. The minimum Gasteiger partial charge on any atom is -0.396 e. The van der Waals surface area contributed by atoms with Gasteiger partial charge in [-0.2, -0.15) is 5.10 Å². The van der Waals surface area contributed by atoms with Gasteiger partial charge < -0.3 is 10.4 Å². The Bertz CT molecular complexity index is 376. The number of anilines is 1. The monoisotopic (exact) mass is 254 g/mol. The van der Waals surface area contributed by atoms with Crippen molar-refractivity contribution in [2.45, 2.75) is 39.8 Å². The van der Waals surface area contributed by atoms with Crippen LogP contribution in [0.1, 0.15) is 27.2 Å². The van der Waals surface area contributed by atoms with Gasteiger partial charge in [-0.15, -0.1) is 0 Å². The first-order valence-electron chi connectivity index (χ1n) is 6.23. The minimum absolute atomic E-state index is 0.0588. The number of nitrogens with zero attached hydrogens (tertiary/aromatic N) is 2. The molecule has 0 spiro atoms. The van der Waals surface area contributed by atoms with Crippen LogP contribution in [0.3, 0.4) is 0 Å². The number of hydrogen-bond donors (Lipinski definition) is 3. The van der Waals surface area contributed by atoms with E-state index in [1.165, 1.54) is 0 Å². The van der Waals surface area contributed by atoms with E-state index in [2.05, 4.69) is 29.6 Å². The van der Waals surface area contributed by atoms with Crippen molar-refractivity contribution in [1.82, 2.24) is 15.1 Å². The highest BCUT2D eigenvalue weighted by atomic mass is 16.3. The van der Waals surface area contributed by atoms with E-state index in [9.17, 15) is 4.79 Å². The third-order valence-corrected chi connectivity index (χ3v) is 2.44. The lowest BCUT2D eigenvalue weighted by Gasteiger charge is -2.14. The summed E-state index contributed by atoms with van der Waals surface area (Å²) in [6.45, 7) is 6.85. The van der Waals surface area contributed by atoms with Gasteiger partial charge >= 0.3 is 6.03 Å². The number of aromatic nitrogens is 2. The highest BCUT2D eigenvalue weighted by molar-refractivity contribution is 5.88. The van der Waals surface area contributed by atoms with E-state index in [4.69, 9.17) is 5.11 Å². The van der Waals surface area contributed by atoms with Crippen molar-refractivity contribution in [3.8, 4) is 0 Å². The van der Waals surface area contributed by atoms with Gasteiger partial charge in [0.05, 0.1) is 6.20 Å². The first kappa shape index (κ1) is 14.5. The second kappa shape index (κ2) is 7.00. The van der Waals surface area contributed by atoms with Gasteiger partial charge in [-0.3, -0.25) is 5.32 Å². The molecule has 102 valence electrons. The fourth-order valence-corrected chi connectivity index (χ4v) is 1.57. The average Bonchev–Trinajstić information content (AvgIpc) is 2.64. The van der Waals surface area contributed by atoms with Gasteiger partial charge in [0, 0.05) is 25.3 Å². The van der Waals surface area contributed by atoms with Crippen LogP contribution in [0.4, 0.5) is 10.6 Å². The maximum Gasteiger partial charge on any atom is 0.320 e. The second-order valence-electron chi connectivity index (χ2n) is 4.80. The molecule has 1 rings (SSSR count). The van der Waals surface area contributed by atoms with E-state index < -0.39 is 0 Å². The molecule has 6 heteroatoms. The molecule has 0 aliphatic carbocycles. The number of nitrogens with one attached hydrogen (secondary N) is 2. The smallest absolute Gasteiger partial charge is 0.320 e. The molecule has 0 fully saturated rings. The van der Waals surface area contributed by atoms with Crippen LogP contribution in [-0.4, -0.2) is 33.6 Å². The number of aliphatic hydroxyl groups excluding tert-OH is 1. The average molecular weight is 254 g/mol. The topological polar surface area (TPSA) is 79.2 Å². The molecule has 0 aliphatic heterocycles. The number of aliphatic hydroxyl groups is 1. The van der Waals surface area contributed by atoms with Crippen molar-refractivity contribution in [1.29, 1.82) is 0 Å². The van der Waals surface area contributed by atoms with Crippen molar-refractivity contribution in [2.24, 2.45) is 5.92 Å². The summed E-state index contributed by atoms with van der Waals surface area (Å²) in [5.41, 5.74) is 0. The Hall–Kier alpha value is -1.56. The second-order valence-corrected chi connectivity index (χ2v) is 4.80. The van der Waals surface area contributed by atoms with Crippen molar-refractivity contribution in [3.63, 3.8) is 0 Å². The van der Waals surface area contributed by atoms with Crippen molar-refractivity contribution in [3.05, 3.63) is 12.3 Å². The third kappa shape index (κ3) is 4.75. The Balaban J connectivity index is 2.51. The first-order valence-corrected chi connectivity index (χ1v) is 6.23. The summed E-state index contributed by atoms with van der Waals surface area (Å²) in [4.78, 5) is 11.7. The first-order chi connectivity index (χ1) is 8.52. The fraction of sp³-hybridized carbons (Fsp3) is 0.667. The lowest BCUT2D eigenvalue weighted by molar-refractivity contribution is 0.241. The van der Waals surface area contributed by atoms with Crippen LogP contribution in [0.5, 0.6) is 0 Å². The number of urea groups is 1. The lowest BCUT2D eigenvalue weighted by Crippen LogP contribution is -2.37. The molecule has 0 saturated carbocycles. The van der Waals surface area contributed by atoms with E-state index in [1.54, 1.807) is 16.9 Å². The molecular formula is C12H22N4O2. The Morgan fingerprint density at radius 2 is 2.22 bits per heavy atom. The van der Waals surface area contributed by atoms with Crippen molar-refractivity contribution >= 4 is 11.8 Å². The predicted molar refractivity (Wildman–Crippen MR) is 70.4 cm³/mol. The summed E-state index contributed by atoms with van der Waals surface area (Å²) < 4.78 is 1.76. The van der Waals surface area contributed by atoms with E-state index in [0.717, 1.165) is 6.54 Å². The SMILES string of the molecule is CC(C)Cn1nccc1NC(=O)N[C@H](C)CCO.